The predicted molar refractivity (Wildman–Crippen MR) is 102 cm³/mol. The number of carbonyl (C=O) groups is 2. The average molecular weight is 380 g/mol. The largest absolute Gasteiger partial charge is 0.478 e. The zero-order valence-corrected chi connectivity index (χ0v) is 15.2. The molecule has 144 valence electrons. The summed E-state index contributed by atoms with van der Waals surface area (Å²) in [4.78, 5) is 24.6. The van der Waals surface area contributed by atoms with Crippen LogP contribution in [-0.2, 0) is 9.59 Å². The number of amides is 2. The zero-order chi connectivity index (χ0) is 19.1. The third-order valence-corrected chi connectivity index (χ3v) is 5.26. The van der Waals surface area contributed by atoms with Gasteiger partial charge in [-0.2, -0.15) is 0 Å². The van der Waals surface area contributed by atoms with Gasteiger partial charge in [0, 0.05) is 24.6 Å². The van der Waals surface area contributed by atoms with Crippen molar-refractivity contribution in [2.75, 3.05) is 10.6 Å². The monoisotopic (exact) mass is 380 g/mol. The van der Waals surface area contributed by atoms with Crippen LogP contribution in [0.15, 0.2) is 42.5 Å². The average Bonchev–Trinajstić information content (AvgIpc) is 3.28. The van der Waals surface area contributed by atoms with Crippen LogP contribution in [0.1, 0.15) is 32.1 Å². The van der Waals surface area contributed by atoms with E-state index in [4.69, 9.17) is 14.2 Å². The molecule has 2 aromatic rings. The van der Waals surface area contributed by atoms with Crippen LogP contribution < -0.4 is 24.8 Å². The molecular formula is C21H20N2O5. The molecule has 7 heteroatoms. The fraction of sp³-hybridized carbons (Fsp3) is 0.333. The lowest BCUT2D eigenvalue weighted by molar-refractivity contribution is -0.128. The molecule has 0 bridgehead atoms. The first-order chi connectivity index (χ1) is 13.6. The molecule has 0 unspecified atom stereocenters. The lowest BCUT2D eigenvalue weighted by atomic mass is 10.1. The standard InChI is InChI=1S/C21H20N2O5/c24-19(12-18-20(25)23-14-5-1-2-6-15(14)26-18)22-13-7-8-16-17(11-13)28-21(27-16)9-3-4-10-21/h1-2,5-8,11,18H,3-4,9-10,12H2,(H,22,24)(H,23,25)/t18-/m0/s1. The molecule has 2 amide bonds. The van der Waals surface area contributed by atoms with Crippen molar-refractivity contribution in [2.45, 2.75) is 44.0 Å². The van der Waals surface area contributed by atoms with Gasteiger partial charge in [0.15, 0.2) is 17.6 Å². The van der Waals surface area contributed by atoms with Gasteiger partial charge in [0.25, 0.3) is 11.7 Å². The first-order valence-corrected chi connectivity index (χ1v) is 9.49. The van der Waals surface area contributed by atoms with Gasteiger partial charge in [-0.15, -0.1) is 0 Å². The normalized spacial score (nSPS) is 21.0. The minimum atomic E-state index is -0.870. The second kappa shape index (κ2) is 6.44. The molecule has 0 saturated heterocycles. The summed E-state index contributed by atoms with van der Waals surface area (Å²) in [5, 5.41) is 5.57. The maximum Gasteiger partial charge on any atom is 0.266 e. The summed E-state index contributed by atoms with van der Waals surface area (Å²) >= 11 is 0. The van der Waals surface area contributed by atoms with Gasteiger partial charge in [-0.25, -0.2) is 0 Å². The number of para-hydroxylation sites is 2. The van der Waals surface area contributed by atoms with Crippen molar-refractivity contribution >= 4 is 23.2 Å². The van der Waals surface area contributed by atoms with E-state index in [1.54, 1.807) is 30.3 Å². The second-order valence-corrected chi connectivity index (χ2v) is 7.33. The quantitative estimate of drug-likeness (QED) is 0.852. The van der Waals surface area contributed by atoms with E-state index in [1.165, 1.54) is 0 Å². The summed E-state index contributed by atoms with van der Waals surface area (Å²) in [6, 6.07) is 12.5. The van der Waals surface area contributed by atoms with Gasteiger partial charge in [-0.05, 0) is 37.1 Å². The summed E-state index contributed by atoms with van der Waals surface area (Å²) in [6.07, 6.45) is 2.97. The Morgan fingerprint density at radius 2 is 1.86 bits per heavy atom. The Balaban J connectivity index is 1.24. The second-order valence-electron chi connectivity index (χ2n) is 7.33. The number of ether oxygens (including phenoxy) is 3. The summed E-state index contributed by atoms with van der Waals surface area (Å²) < 4.78 is 17.7. The van der Waals surface area contributed by atoms with Crippen LogP contribution in [-0.4, -0.2) is 23.7 Å². The van der Waals surface area contributed by atoms with Gasteiger partial charge in [0.1, 0.15) is 5.75 Å². The van der Waals surface area contributed by atoms with E-state index in [1.807, 2.05) is 12.1 Å². The molecule has 1 atom stereocenters. The number of hydrogen-bond acceptors (Lipinski definition) is 5. The topological polar surface area (TPSA) is 85.9 Å². The number of benzene rings is 2. The Hall–Kier alpha value is -3.22. The number of rotatable bonds is 3. The molecule has 28 heavy (non-hydrogen) atoms. The summed E-state index contributed by atoms with van der Waals surface area (Å²) in [7, 11) is 0. The highest BCUT2D eigenvalue weighted by Gasteiger charge is 2.44. The molecule has 1 aliphatic carbocycles. The minimum Gasteiger partial charge on any atom is -0.478 e. The van der Waals surface area contributed by atoms with E-state index >= 15 is 0 Å². The Bertz CT molecular complexity index is 952. The highest BCUT2D eigenvalue weighted by molar-refractivity contribution is 6.02. The van der Waals surface area contributed by atoms with Crippen LogP contribution in [0.5, 0.6) is 17.2 Å². The molecule has 0 radical (unpaired) electrons. The van der Waals surface area contributed by atoms with Crippen molar-refractivity contribution < 1.29 is 23.8 Å². The third-order valence-electron chi connectivity index (χ3n) is 5.26. The summed E-state index contributed by atoms with van der Waals surface area (Å²) in [5.74, 6) is 0.722. The molecule has 1 fully saturated rings. The van der Waals surface area contributed by atoms with Crippen LogP contribution in [0.4, 0.5) is 11.4 Å². The van der Waals surface area contributed by atoms with E-state index in [2.05, 4.69) is 10.6 Å². The summed E-state index contributed by atoms with van der Waals surface area (Å²) in [5.41, 5.74) is 1.21. The van der Waals surface area contributed by atoms with Crippen molar-refractivity contribution in [3.05, 3.63) is 42.5 Å². The first kappa shape index (κ1) is 16.9. The number of hydrogen-bond donors (Lipinski definition) is 2. The van der Waals surface area contributed by atoms with Crippen LogP contribution in [0.25, 0.3) is 0 Å². The van der Waals surface area contributed by atoms with Crippen molar-refractivity contribution in [1.82, 2.24) is 0 Å². The Morgan fingerprint density at radius 1 is 1.07 bits per heavy atom. The molecule has 2 aromatic carbocycles. The van der Waals surface area contributed by atoms with Gasteiger partial charge in [-0.1, -0.05) is 12.1 Å². The molecule has 3 aliphatic rings. The molecule has 2 heterocycles. The molecule has 1 saturated carbocycles. The third kappa shape index (κ3) is 3.02. The van der Waals surface area contributed by atoms with Gasteiger partial charge in [0.05, 0.1) is 12.1 Å². The van der Waals surface area contributed by atoms with Crippen LogP contribution in [0.3, 0.4) is 0 Å². The van der Waals surface area contributed by atoms with Crippen molar-refractivity contribution in [3.63, 3.8) is 0 Å². The predicted octanol–water partition coefficient (Wildman–Crippen LogP) is 3.46. The number of nitrogens with one attached hydrogen (secondary N) is 2. The van der Waals surface area contributed by atoms with Crippen molar-refractivity contribution in [3.8, 4) is 17.2 Å². The SMILES string of the molecule is O=C(C[C@@H]1Oc2ccccc2NC1=O)Nc1ccc2c(c1)OC1(CCCC1)O2. The first-order valence-electron chi connectivity index (χ1n) is 9.49. The molecule has 7 nitrogen and oxygen atoms in total. The van der Waals surface area contributed by atoms with Gasteiger partial charge in [0.2, 0.25) is 5.91 Å². The minimum absolute atomic E-state index is 0.0848. The molecule has 1 spiro atoms. The highest BCUT2D eigenvalue weighted by Crippen LogP contribution is 2.47. The highest BCUT2D eigenvalue weighted by atomic mass is 16.7. The van der Waals surface area contributed by atoms with E-state index < -0.39 is 11.9 Å². The zero-order valence-electron chi connectivity index (χ0n) is 15.2. The van der Waals surface area contributed by atoms with Gasteiger partial charge < -0.3 is 24.8 Å². The maximum atomic E-state index is 12.4. The smallest absolute Gasteiger partial charge is 0.266 e. The molecule has 2 aliphatic heterocycles. The fourth-order valence-electron chi connectivity index (χ4n) is 3.90. The van der Waals surface area contributed by atoms with Crippen molar-refractivity contribution in [1.29, 1.82) is 0 Å². The van der Waals surface area contributed by atoms with Gasteiger partial charge in [-0.3, -0.25) is 9.59 Å². The number of anilines is 2. The molecular weight excluding hydrogens is 360 g/mol. The Kier molecular flexibility index (Phi) is 3.89. The molecule has 2 N–H and O–H groups in total. The number of carbonyl (C=O) groups excluding carboxylic acids is 2. The van der Waals surface area contributed by atoms with Crippen molar-refractivity contribution in [2.24, 2.45) is 0 Å². The Morgan fingerprint density at radius 3 is 2.71 bits per heavy atom. The van der Waals surface area contributed by atoms with E-state index in [0.717, 1.165) is 25.7 Å². The fourth-order valence-corrected chi connectivity index (χ4v) is 3.90. The van der Waals surface area contributed by atoms with Crippen LogP contribution in [0, 0.1) is 0 Å². The lowest BCUT2D eigenvalue weighted by Gasteiger charge is -2.25. The lowest BCUT2D eigenvalue weighted by Crippen LogP contribution is -2.39. The Labute approximate surface area is 162 Å². The van der Waals surface area contributed by atoms with Gasteiger partial charge >= 0.3 is 0 Å². The summed E-state index contributed by atoms with van der Waals surface area (Å²) in [6.45, 7) is 0. The molecule has 0 aromatic heterocycles. The van der Waals surface area contributed by atoms with E-state index in [0.29, 0.717) is 28.6 Å². The van der Waals surface area contributed by atoms with Crippen LogP contribution >= 0.6 is 0 Å². The van der Waals surface area contributed by atoms with E-state index in [9.17, 15) is 9.59 Å². The number of fused-ring (bicyclic) bond motifs is 2. The molecule has 5 rings (SSSR count). The van der Waals surface area contributed by atoms with E-state index in [-0.39, 0.29) is 18.2 Å². The van der Waals surface area contributed by atoms with Crippen LogP contribution in [0.2, 0.25) is 0 Å². The maximum absolute atomic E-state index is 12.4.